The van der Waals surface area contributed by atoms with E-state index >= 15 is 0 Å². The van der Waals surface area contributed by atoms with Crippen molar-refractivity contribution in [3.8, 4) is 0 Å². The molecular formula is C13H16Cl2O. The second kappa shape index (κ2) is 4.56. The lowest BCUT2D eigenvalue weighted by Gasteiger charge is -2.48. The van der Waals surface area contributed by atoms with Gasteiger partial charge in [0.05, 0.1) is 12.7 Å². The monoisotopic (exact) mass is 258 g/mol. The Labute approximate surface area is 107 Å². The lowest BCUT2D eigenvalue weighted by Crippen LogP contribution is -2.51. The van der Waals surface area contributed by atoms with Crippen molar-refractivity contribution in [3.05, 3.63) is 34.9 Å². The standard InChI is InChI=1S/C13H16Cl2O/c1-13(2)11(15)7-12(13)16-8-9-5-3-4-6-10(9)14/h3-6,11-12H,7-8H2,1-2H3. The molecular weight excluding hydrogens is 243 g/mol. The van der Waals surface area contributed by atoms with Gasteiger partial charge < -0.3 is 4.74 Å². The molecule has 2 unspecified atom stereocenters. The molecule has 1 aromatic carbocycles. The topological polar surface area (TPSA) is 9.23 Å². The maximum absolute atomic E-state index is 6.14. The molecule has 0 spiro atoms. The first-order valence-electron chi connectivity index (χ1n) is 5.51. The van der Waals surface area contributed by atoms with Crippen molar-refractivity contribution in [1.82, 2.24) is 0 Å². The van der Waals surface area contributed by atoms with Crippen molar-refractivity contribution in [2.24, 2.45) is 5.41 Å². The molecule has 0 radical (unpaired) electrons. The Kier molecular flexibility index (Phi) is 3.48. The summed E-state index contributed by atoms with van der Waals surface area (Å²) in [4.78, 5) is 0. The normalized spacial score (nSPS) is 27.5. The van der Waals surface area contributed by atoms with Crippen molar-refractivity contribution >= 4 is 23.2 Å². The first-order valence-corrected chi connectivity index (χ1v) is 6.32. The van der Waals surface area contributed by atoms with Gasteiger partial charge in [0.25, 0.3) is 0 Å². The Balaban J connectivity index is 1.92. The Bertz CT molecular complexity index is 376. The van der Waals surface area contributed by atoms with E-state index in [1.165, 1.54) is 0 Å². The third-order valence-corrected chi connectivity index (χ3v) is 4.57. The summed E-state index contributed by atoms with van der Waals surface area (Å²) < 4.78 is 5.86. The molecule has 0 amide bonds. The molecule has 1 nitrogen and oxygen atoms in total. The third-order valence-electron chi connectivity index (χ3n) is 3.46. The first kappa shape index (κ1) is 12.2. The predicted octanol–water partition coefficient (Wildman–Crippen LogP) is 4.26. The van der Waals surface area contributed by atoms with E-state index in [4.69, 9.17) is 27.9 Å². The lowest BCUT2D eigenvalue weighted by atomic mass is 9.68. The number of alkyl halides is 1. The highest BCUT2D eigenvalue weighted by atomic mass is 35.5. The summed E-state index contributed by atoms with van der Waals surface area (Å²) in [7, 11) is 0. The Morgan fingerprint density at radius 2 is 2.06 bits per heavy atom. The summed E-state index contributed by atoms with van der Waals surface area (Å²) >= 11 is 12.2. The minimum atomic E-state index is 0.0722. The van der Waals surface area contributed by atoms with Gasteiger partial charge >= 0.3 is 0 Å². The molecule has 1 fully saturated rings. The summed E-state index contributed by atoms with van der Waals surface area (Å²) in [5.74, 6) is 0. The zero-order valence-corrected chi connectivity index (χ0v) is 11.1. The predicted molar refractivity (Wildman–Crippen MR) is 68.1 cm³/mol. The van der Waals surface area contributed by atoms with E-state index in [0.717, 1.165) is 17.0 Å². The molecule has 0 saturated heterocycles. The van der Waals surface area contributed by atoms with Crippen LogP contribution in [0.15, 0.2) is 24.3 Å². The average Bonchev–Trinajstić information content (AvgIpc) is 2.26. The molecule has 2 rings (SSSR count). The van der Waals surface area contributed by atoms with Gasteiger partial charge in [0.2, 0.25) is 0 Å². The van der Waals surface area contributed by atoms with E-state index in [1.807, 2.05) is 24.3 Å². The molecule has 1 saturated carbocycles. The van der Waals surface area contributed by atoms with Crippen LogP contribution >= 0.6 is 23.2 Å². The van der Waals surface area contributed by atoms with Gasteiger partial charge in [0, 0.05) is 15.8 Å². The van der Waals surface area contributed by atoms with E-state index < -0.39 is 0 Å². The minimum Gasteiger partial charge on any atom is -0.373 e. The molecule has 0 bridgehead atoms. The van der Waals surface area contributed by atoms with Gasteiger partial charge in [-0.1, -0.05) is 43.6 Å². The molecule has 88 valence electrons. The van der Waals surface area contributed by atoms with Crippen molar-refractivity contribution in [1.29, 1.82) is 0 Å². The van der Waals surface area contributed by atoms with E-state index in [9.17, 15) is 0 Å². The van der Waals surface area contributed by atoms with Crippen LogP contribution in [0, 0.1) is 5.41 Å². The van der Waals surface area contributed by atoms with Gasteiger partial charge in [0.15, 0.2) is 0 Å². The largest absolute Gasteiger partial charge is 0.373 e. The fourth-order valence-corrected chi connectivity index (χ4v) is 2.42. The molecule has 0 N–H and O–H groups in total. The molecule has 1 aromatic rings. The summed E-state index contributed by atoms with van der Waals surface area (Å²) in [5.41, 5.74) is 1.11. The number of hydrogen-bond acceptors (Lipinski definition) is 1. The van der Waals surface area contributed by atoms with Crippen LogP contribution in [0.3, 0.4) is 0 Å². The summed E-state index contributed by atoms with van der Waals surface area (Å²) in [6.07, 6.45) is 1.17. The Morgan fingerprint density at radius 1 is 1.38 bits per heavy atom. The third kappa shape index (κ3) is 2.22. The highest BCUT2D eigenvalue weighted by Gasteiger charge is 2.47. The van der Waals surface area contributed by atoms with E-state index in [2.05, 4.69) is 13.8 Å². The number of rotatable bonds is 3. The summed E-state index contributed by atoms with van der Waals surface area (Å²) in [6, 6.07) is 7.78. The van der Waals surface area contributed by atoms with Gasteiger partial charge in [-0.3, -0.25) is 0 Å². The van der Waals surface area contributed by atoms with Crippen LogP contribution in [0.25, 0.3) is 0 Å². The van der Waals surface area contributed by atoms with Crippen molar-refractivity contribution in [2.45, 2.75) is 38.4 Å². The van der Waals surface area contributed by atoms with Crippen LogP contribution in [0.2, 0.25) is 5.02 Å². The molecule has 0 heterocycles. The zero-order valence-electron chi connectivity index (χ0n) is 9.54. The zero-order chi connectivity index (χ0) is 11.8. The van der Waals surface area contributed by atoms with Crippen molar-refractivity contribution in [2.75, 3.05) is 0 Å². The van der Waals surface area contributed by atoms with Gasteiger partial charge in [-0.25, -0.2) is 0 Å². The fraction of sp³-hybridized carbons (Fsp3) is 0.538. The number of halogens is 2. The van der Waals surface area contributed by atoms with Crippen LogP contribution in [0.4, 0.5) is 0 Å². The van der Waals surface area contributed by atoms with Crippen LogP contribution in [0.5, 0.6) is 0 Å². The summed E-state index contributed by atoms with van der Waals surface area (Å²) in [5, 5.41) is 0.991. The molecule has 3 heteroatoms. The maximum atomic E-state index is 6.14. The number of hydrogen-bond donors (Lipinski definition) is 0. The maximum Gasteiger partial charge on any atom is 0.0735 e. The van der Waals surface area contributed by atoms with Crippen molar-refractivity contribution < 1.29 is 4.74 Å². The van der Waals surface area contributed by atoms with E-state index in [-0.39, 0.29) is 16.9 Å². The molecule has 1 aliphatic carbocycles. The van der Waals surface area contributed by atoms with Crippen LogP contribution < -0.4 is 0 Å². The van der Waals surface area contributed by atoms with E-state index in [0.29, 0.717) is 6.61 Å². The van der Waals surface area contributed by atoms with Crippen LogP contribution in [-0.2, 0) is 11.3 Å². The quantitative estimate of drug-likeness (QED) is 0.737. The second-order valence-corrected chi connectivity index (χ2v) is 5.85. The molecule has 16 heavy (non-hydrogen) atoms. The summed E-state index contributed by atoms with van der Waals surface area (Å²) in [6.45, 7) is 4.86. The highest BCUT2D eigenvalue weighted by Crippen LogP contribution is 2.46. The van der Waals surface area contributed by atoms with Crippen molar-refractivity contribution in [3.63, 3.8) is 0 Å². The fourth-order valence-electron chi connectivity index (χ4n) is 1.93. The van der Waals surface area contributed by atoms with Gasteiger partial charge in [0.1, 0.15) is 0 Å². The van der Waals surface area contributed by atoms with Gasteiger partial charge in [-0.2, -0.15) is 0 Å². The van der Waals surface area contributed by atoms with Crippen LogP contribution in [0.1, 0.15) is 25.8 Å². The van der Waals surface area contributed by atoms with Crippen LogP contribution in [-0.4, -0.2) is 11.5 Å². The van der Waals surface area contributed by atoms with Gasteiger partial charge in [-0.15, -0.1) is 11.6 Å². The molecule has 1 aliphatic rings. The Hall–Kier alpha value is -0.240. The minimum absolute atomic E-state index is 0.0722. The highest BCUT2D eigenvalue weighted by molar-refractivity contribution is 6.31. The molecule has 0 aromatic heterocycles. The SMILES string of the molecule is CC1(C)C(Cl)CC1OCc1ccccc1Cl. The lowest BCUT2D eigenvalue weighted by molar-refractivity contribution is -0.0966. The smallest absolute Gasteiger partial charge is 0.0735 e. The average molecular weight is 259 g/mol. The first-order chi connectivity index (χ1) is 7.51. The van der Waals surface area contributed by atoms with Gasteiger partial charge in [-0.05, 0) is 18.1 Å². The number of ether oxygens (including phenoxy) is 1. The number of benzene rings is 1. The molecule has 0 aliphatic heterocycles. The Morgan fingerprint density at radius 3 is 2.62 bits per heavy atom. The second-order valence-electron chi connectivity index (χ2n) is 4.92. The van der Waals surface area contributed by atoms with E-state index in [1.54, 1.807) is 0 Å². The molecule has 2 atom stereocenters.